The van der Waals surface area contributed by atoms with E-state index < -0.39 is 23.9 Å². The Morgan fingerprint density at radius 2 is 1.91 bits per heavy atom. The van der Waals surface area contributed by atoms with E-state index in [0.717, 1.165) is 6.20 Å². The van der Waals surface area contributed by atoms with Crippen LogP contribution in [0.2, 0.25) is 0 Å². The van der Waals surface area contributed by atoms with Crippen LogP contribution in [0.1, 0.15) is 23.0 Å². The molecule has 10 nitrogen and oxygen atoms in total. The number of hydrogen-bond acceptors (Lipinski definition) is 7. The summed E-state index contributed by atoms with van der Waals surface area (Å²) in [6.45, 7) is 1.75. The van der Waals surface area contributed by atoms with Gasteiger partial charge in [0.15, 0.2) is 11.5 Å². The number of nitrogens with one attached hydrogen (secondary N) is 3. The molecule has 0 aliphatic carbocycles. The molecule has 0 saturated carbocycles. The molecule has 3 N–H and O–H groups in total. The molecule has 0 saturated heterocycles. The molecule has 0 unspecified atom stereocenters. The van der Waals surface area contributed by atoms with Crippen LogP contribution >= 0.6 is 0 Å². The normalized spacial score (nSPS) is 11.4. The van der Waals surface area contributed by atoms with Crippen molar-refractivity contribution in [2.75, 3.05) is 11.9 Å². The zero-order chi connectivity index (χ0) is 23.6. The number of aromatic amines is 1. The van der Waals surface area contributed by atoms with E-state index in [4.69, 9.17) is 0 Å². The summed E-state index contributed by atoms with van der Waals surface area (Å²) in [5.74, 6) is -0.344. The van der Waals surface area contributed by atoms with E-state index in [2.05, 4.69) is 30.4 Å². The predicted octanol–water partition coefficient (Wildman–Crippen LogP) is 3.77. The number of benzene rings is 1. The van der Waals surface area contributed by atoms with Gasteiger partial charge in [0.1, 0.15) is 5.69 Å². The minimum Gasteiger partial charge on any atom is -0.450 e. The molecule has 4 rings (SSSR count). The number of nitrogens with zero attached hydrogens (tertiary/aromatic N) is 4. The maximum absolute atomic E-state index is 13.3. The van der Waals surface area contributed by atoms with Crippen LogP contribution in [0.15, 0.2) is 49.1 Å². The average molecular weight is 459 g/mol. The van der Waals surface area contributed by atoms with Crippen molar-refractivity contribution in [2.45, 2.75) is 13.1 Å². The van der Waals surface area contributed by atoms with Gasteiger partial charge in [-0.1, -0.05) is 0 Å². The molecular weight excluding hydrogens is 443 g/mol. The Hall–Kier alpha value is -4.42. The van der Waals surface area contributed by atoms with Gasteiger partial charge in [0.05, 0.1) is 30.3 Å². The number of carbonyl (C=O) groups excluding carboxylic acids is 2. The largest absolute Gasteiger partial charge is 0.450 e. The van der Waals surface area contributed by atoms with E-state index in [-0.39, 0.29) is 34.9 Å². The van der Waals surface area contributed by atoms with Gasteiger partial charge in [-0.2, -0.15) is 18.3 Å². The van der Waals surface area contributed by atoms with Gasteiger partial charge in [-0.3, -0.25) is 19.6 Å². The number of carbonyl (C=O) groups is 2. The number of rotatable bonds is 5. The summed E-state index contributed by atoms with van der Waals surface area (Å²) < 4.78 is 45.9. The zero-order valence-electron chi connectivity index (χ0n) is 17.0. The standard InChI is InChI=1S/C20H16F3N7O3/c1-2-33-19(32)28-18(31)11-3-5-12(6-4-11)27-16-17-25-10-14(30(17)8-7-24-16)13-9-26-29-15(13)20(21,22)23/h3-10H,2H2,1H3,(H,24,27)(H,26,29)(H,28,31,32). The number of ether oxygens (including phenoxy) is 1. The number of fused-ring (bicyclic) bond motifs is 1. The van der Waals surface area contributed by atoms with Gasteiger partial charge < -0.3 is 10.1 Å². The SMILES string of the molecule is CCOC(=O)NC(=O)c1ccc(Nc2nccn3c(-c4cn[nH]c4C(F)(F)F)cnc23)cc1. The Morgan fingerprint density at radius 1 is 1.15 bits per heavy atom. The molecule has 0 bridgehead atoms. The van der Waals surface area contributed by atoms with E-state index >= 15 is 0 Å². The van der Waals surface area contributed by atoms with Crippen molar-refractivity contribution in [1.82, 2.24) is 29.9 Å². The van der Waals surface area contributed by atoms with E-state index in [9.17, 15) is 22.8 Å². The van der Waals surface area contributed by atoms with Crippen molar-refractivity contribution in [3.05, 3.63) is 60.3 Å². The van der Waals surface area contributed by atoms with Gasteiger partial charge in [-0.25, -0.2) is 14.8 Å². The van der Waals surface area contributed by atoms with Gasteiger partial charge in [-0.05, 0) is 31.2 Å². The van der Waals surface area contributed by atoms with Crippen LogP contribution in [-0.2, 0) is 10.9 Å². The Kier molecular flexibility index (Phi) is 5.69. The number of hydrogen-bond donors (Lipinski definition) is 3. The zero-order valence-corrected chi connectivity index (χ0v) is 17.0. The van der Waals surface area contributed by atoms with Crippen molar-refractivity contribution >= 4 is 29.2 Å². The van der Waals surface area contributed by atoms with Crippen molar-refractivity contribution in [1.29, 1.82) is 0 Å². The monoisotopic (exact) mass is 459 g/mol. The summed E-state index contributed by atoms with van der Waals surface area (Å²) in [5.41, 5.74) is 0.0968. The number of H-pyrrole nitrogens is 1. The molecule has 0 atom stereocenters. The van der Waals surface area contributed by atoms with Crippen LogP contribution in [-0.4, -0.2) is 43.2 Å². The number of alkyl halides is 3. The fourth-order valence-corrected chi connectivity index (χ4v) is 3.08. The van der Waals surface area contributed by atoms with Crippen LogP contribution in [0.4, 0.5) is 29.5 Å². The van der Waals surface area contributed by atoms with Gasteiger partial charge in [-0.15, -0.1) is 0 Å². The Morgan fingerprint density at radius 3 is 2.61 bits per heavy atom. The number of halogens is 3. The second kappa shape index (κ2) is 8.61. The van der Waals surface area contributed by atoms with Crippen LogP contribution in [0.3, 0.4) is 0 Å². The van der Waals surface area contributed by atoms with E-state index in [1.165, 1.54) is 35.1 Å². The number of amides is 2. The highest BCUT2D eigenvalue weighted by atomic mass is 19.4. The van der Waals surface area contributed by atoms with Gasteiger partial charge in [0.2, 0.25) is 0 Å². The Bertz CT molecular complexity index is 1310. The first kappa shape index (κ1) is 21.8. The van der Waals surface area contributed by atoms with Crippen LogP contribution in [0.25, 0.3) is 16.9 Å². The molecule has 3 aromatic heterocycles. The predicted molar refractivity (Wildman–Crippen MR) is 110 cm³/mol. The van der Waals surface area contributed by atoms with Gasteiger partial charge in [0.25, 0.3) is 5.91 Å². The molecule has 0 aliphatic rings. The minimum atomic E-state index is -4.61. The van der Waals surface area contributed by atoms with Crippen LogP contribution in [0.5, 0.6) is 0 Å². The molecule has 0 radical (unpaired) electrons. The molecule has 13 heteroatoms. The van der Waals surface area contributed by atoms with Crippen molar-refractivity contribution < 1.29 is 27.5 Å². The summed E-state index contributed by atoms with van der Waals surface area (Å²) in [5, 5.41) is 10.6. The molecule has 2 amide bonds. The Balaban J connectivity index is 1.58. The van der Waals surface area contributed by atoms with E-state index in [0.29, 0.717) is 5.69 Å². The third kappa shape index (κ3) is 4.46. The lowest BCUT2D eigenvalue weighted by molar-refractivity contribution is -0.140. The molecule has 170 valence electrons. The maximum atomic E-state index is 13.3. The second-order valence-corrected chi connectivity index (χ2v) is 6.65. The molecule has 3 heterocycles. The summed E-state index contributed by atoms with van der Waals surface area (Å²) in [7, 11) is 0. The van der Waals surface area contributed by atoms with Crippen molar-refractivity contribution in [3.63, 3.8) is 0 Å². The van der Waals surface area contributed by atoms with Crippen LogP contribution in [0, 0.1) is 0 Å². The smallest absolute Gasteiger partial charge is 0.433 e. The highest BCUT2D eigenvalue weighted by Gasteiger charge is 2.36. The highest BCUT2D eigenvalue weighted by Crippen LogP contribution is 2.36. The fourth-order valence-electron chi connectivity index (χ4n) is 3.08. The highest BCUT2D eigenvalue weighted by molar-refractivity contribution is 6.03. The second-order valence-electron chi connectivity index (χ2n) is 6.65. The summed E-state index contributed by atoms with van der Waals surface area (Å²) >= 11 is 0. The van der Waals surface area contributed by atoms with Crippen molar-refractivity contribution in [3.8, 4) is 11.3 Å². The lowest BCUT2D eigenvalue weighted by Gasteiger charge is -2.09. The maximum Gasteiger partial charge on any atom is 0.433 e. The number of imidazole rings is 1. The van der Waals surface area contributed by atoms with Gasteiger partial charge >= 0.3 is 12.3 Å². The molecule has 1 aromatic carbocycles. The van der Waals surface area contributed by atoms with Gasteiger partial charge in [0, 0.05) is 23.6 Å². The lowest BCUT2D eigenvalue weighted by Crippen LogP contribution is -2.30. The number of anilines is 2. The molecule has 4 aromatic rings. The first-order chi connectivity index (χ1) is 15.8. The molecule has 0 spiro atoms. The number of imide groups is 1. The average Bonchev–Trinajstić information content (AvgIpc) is 3.41. The number of alkyl carbamates (subject to hydrolysis) is 1. The summed E-state index contributed by atoms with van der Waals surface area (Å²) in [6, 6.07) is 6.12. The molecule has 0 aliphatic heterocycles. The van der Waals surface area contributed by atoms with E-state index in [1.807, 2.05) is 5.10 Å². The topological polar surface area (TPSA) is 126 Å². The molecular formula is C20H16F3N7O3. The number of aromatic nitrogens is 5. The fraction of sp³-hybridized carbons (Fsp3) is 0.150. The summed E-state index contributed by atoms with van der Waals surface area (Å²) in [4.78, 5) is 31.8. The lowest BCUT2D eigenvalue weighted by atomic mass is 10.2. The molecule has 33 heavy (non-hydrogen) atoms. The van der Waals surface area contributed by atoms with Crippen LogP contribution < -0.4 is 10.6 Å². The Labute approximate surface area is 183 Å². The van der Waals surface area contributed by atoms with Crippen molar-refractivity contribution in [2.24, 2.45) is 0 Å². The third-order valence-electron chi connectivity index (χ3n) is 4.53. The first-order valence-electron chi connectivity index (χ1n) is 9.56. The molecule has 0 fully saturated rings. The quantitative estimate of drug-likeness (QED) is 0.415. The summed E-state index contributed by atoms with van der Waals surface area (Å²) in [6.07, 6.45) is -0.175. The minimum absolute atomic E-state index is 0.133. The van der Waals surface area contributed by atoms with E-state index in [1.54, 1.807) is 19.1 Å². The third-order valence-corrected chi connectivity index (χ3v) is 4.53. The first-order valence-corrected chi connectivity index (χ1v) is 9.56.